The van der Waals surface area contributed by atoms with E-state index >= 15 is 0 Å². The van der Waals surface area contributed by atoms with Gasteiger partial charge in [0, 0.05) is 10.7 Å². The third-order valence-corrected chi connectivity index (χ3v) is 4.15. The van der Waals surface area contributed by atoms with Crippen molar-refractivity contribution in [3.05, 3.63) is 28.8 Å². The van der Waals surface area contributed by atoms with E-state index < -0.39 is 0 Å². The van der Waals surface area contributed by atoms with Crippen molar-refractivity contribution >= 4 is 23.2 Å². The largest absolute Gasteiger partial charge is 0.336 e. The van der Waals surface area contributed by atoms with Crippen molar-refractivity contribution in [2.24, 2.45) is 0 Å². The number of nitrogens with one attached hydrogen (secondary N) is 1. The Kier molecular flexibility index (Phi) is 5.23. The predicted molar refractivity (Wildman–Crippen MR) is 78.5 cm³/mol. The van der Waals surface area contributed by atoms with Gasteiger partial charge in [-0.2, -0.15) is 0 Å². The topological polar surface area (TPSA) is 45.7 Å². The first-order valence-corrected chi connectivity index (χ1v) is 7.42. The fourth-order valence-electron chi connectivity index (χ4n) is 2.53. The molecule has 0 atom stereocenters. The Hall–Kier alpha value is -1.06. The van der Waals surface area contributed by atoms with Gasteiger partial charge in [-0.1, -0.05) is 24.1 Å². The maximum Gasteiger partial charge on any atom is 0.279 e. The van der Waals surface area contributed by atoms with Gasteiger partial charge in [-0.05, 0) is 50.3 Å². The van der Waals surface area contributed by atoms with E-state index in [0.29, 0.717) is 17.6 Å². The highest BCUT2D eigenvalue weighted by molar-refractivity contribution is 6.31. The number of quaternary nitrogens is 1. The lowest BCUT2D eigenvalue weighted by Crippen LogP contribution is -2.91. The normalized spacial score (nSPS) is 16.3. The molecule has 0 aliphatic heterocycles. The van der Waals surface area contributed by atoms with E-state index in [1.807, 2.05) is 19.1 Å². The summed E-state index contributed by atoms with van der Waals surface area (Å²) in [4.78, 5) is 11.9. The van der Waals surface area contributed by atoms with Gasteiger partial charge in [0.1, 0.15) is 0 Å². The summed E-state index contributed by atoms with van der Waals surface area (Å²) in [6, 6.07) is 6.24. The number of nitrogens with two attached hydrogens (primary N) is 1. The fourth-order valence-corrected chi connectivity index (χ4v) is 2.71. The van der Waals surface area contributed by atoms with Crippen LogP contribution in [0.15, 0.2) is 18.2 Å². The van der Waals surface area contributed by atoms with E-state index in [1.165, 1.54) is 32.1 Å². The Morgan fingerprint density at radius 2 is 2.11 bits per heavy atom. The first kappa shape index (κ1) is 14.4. The number of anilines is 1. The number of halogens is 1. The van der Waals surface area contributed by atoms with Crippen molar-refractivity contribution in [1.82, 2.24) is 0 Å². The lowest BCUT2D eigenvalue weighted by Gasteiger charge is -2.19. The Labute approximate surface area is 119 Å². The van der Waals surface area contributed by atoms with E-state index in [4.69, 9.17) is 11.6 Å². The van der Waals surface area contributed by atoms with E-state index in [1.54, 1.807) is 6.07 Å². The third kappa shape index (κ3) is 4.51. The molecule has 1 fully saturated rings. The number of aryl methyl sites for hydroxylation is 1. The molecule has 4 heteroatoms. The number of rotatable bonds is 4. The summed E-state index contributed by atoms with van der Waals surface area (Å²) in [6.07, 6.45) is 6.43. The molecule has 0 unspecified atom stereocenters. The first-order chi connectivity index (χ1) is 9.15. The van der Waals surface area contributed by atoms with Gasteiger partial charge in [-0.15, -0.1) is 0 Å². The summed E-state index contributed by atoms with van der Waals surface area (Å²) < 4.78 is 0. The van der Waals surface area contributed by atoms with Crippen LogP contribution in [-0.2, 0) is 4.79 Å². The van der Waals surface area contributed by atoms with Gasteiger partial charge in [0.15, 0.2) is 6.54 Å². The predicted octanol–water partition coefficient (Wildman–Crippen LogP) is 2.48. The third-order valence-electron chi connectivity index (χ3n) is 3.74. The average molecular weight is 282 g/mol. The van der Waals surface area contributed by atoms with Crippen molar-refractivity contribution < 1.29 is 10.1 Å². The van der Waals surface area contributed by atoms with Gasteiger partial charge in [0.2, 0.25) is 0 Å². The number of amides is 1. The van der Waals surface area contributed by atoms with Crippen molar-refractivity contribution in [1.29, 1.82) is 0 Å². The van der Waals surface area contributed by atoms with E-state index in [0.717, 1.165) is 11.3 Å². The Morgan fingerprint density at radius 3 is 2.79 bits per heavy atom. The Balaban J connectivity index is 1.78. The van der Waals surface area contributed by atoms with Gasteiger partial charge < -0.3 is 10.6 Å². The molecule has 0 radical (unpaired) electrons. The SMILES string of the molecule is Cc1ccc(NC(=O)C[NH2+]C2CCCCC2)cc1Cl. The smallest absolute Gasteiger partial charge is 0.279 e. The number of carbonyl (C=O) groups is 1. The van der Waals surface area contributed by atoms with Crippen LogP contribution in [0.3, 0.4) is 0 Å². The van der Waals surface area contributed by atoms with E-state index in [2.05, 4.69) is 10.6 Å². The molecule has 1 aliphatic rings. The molecule has 0 bridgehead atoms. The second-order valence-corrected chi connectivity index (χ2v) is 5.76. The number of hydrogen-bond acceptors (Lipinski definition) is 1. The van der Waals surface area contributed by atoms with Crippen molar-refractivity contribution in [2.45, 2.75) is 45.1 Å². The summed E-state index contributed by atoms with van der Waals surface area (Å²) in [5.41, 5.74) is 1.80. The molecule has 1 aromatic rings. The lowest BCUT2D eigenvalue weighted by atomic mass is 9.95. The highest BCUT2D eigenvalue weighted by Crippen LogP contribution is 2.19. The van der Waals surface area contributed by atoms with Crippen LogP contribution in [0.1, 0.15) is 37.7 Å². The molecular formula is C15H22ClN2O+. The van der Waals surface area contributed by atoms with E-state index in [9.17, 15) is 4.79 Å². The van der Waals surface area contributed by atoms with Crippen molar-refractivity contribution in [2.75, 3.05) is 11.9 Å². The summed E-state index contributed by atoms with van der Waals surface area (Å²) in [7, 11) is 0. The molecule has 0 saturated heterocycles. The minimum absolute atomic E-state index is 0.0468. The van der Waals surface area contributed by atoms with Crippen LogP contribution in [-0.4, -0.2) is 18.5 Å². The standard InChI is InChI=1S/C15H21ClN2O/c1-11-7-8-13(9-14(11)16)18-15(19)10-17-12-5-3-2-4-6-12/h7-9,12,17H,2-6,10H2,1H3,(H,18,19)/p+1. The summed E-state index contributed by atoms with van der Waals surface area (Å²) >= 11 is 6.04. The van der Waals surface area contributed by atoms with Crippen LogP contribution in [0.25, 0.3) is 0 Å². The molecule has 0 heterocycles. The van der Waals surface area contributed by atoms with Crippen LogP contribution in [0, 0.1) is 6.92 Å². The molecule has 1 saturated carbocycles. The van der Waals surface area contributed by atoms with Crippen LogP contribution < -0.4 is 10.6 Å². The summed E-state index contributed by atoms with van der Waals surface area (Å²) in [5.74, 6) is 0.0468. The second-order valence-electron chi connectivity index (χ2n) is 5.35. The minimum Gasteiger partial charge on any atom is -0.336 e. The van der Waals surface area contributed by atoms with E-state index in [-0.39, 0.29) is 5.91 Å². The van der Waals surface area contributed by atoms with Gasteiger partial charge in [0.25, 0.3) is 5.91 Å². The Morgan fingerprint density at radius 1 is 1.37 bits per heavy atom. The number of benzene rings is 1. The zero-order valence-corrected chi connectivity index (χ0v) is 12.2. The lowest BCUT2D eigenvalue weighted by molar-refractivity contribution is -0.681. The molecule has 104 valence electrons. The minimum atomic E-state index is 0.0468. The monoisotopic (exact) mass is 281 g/mol. The molecule has 3 N–H and O–H groups in total. The first-order valence-electron chi connectivity index (χ1n) is 7.04. The fraction of sp³-hybridized carbons (Fsp3) is 0.533. The summed E-state index contributed by atoms with van der Waals surface area (Å²) in [6.45, 7) is 2.45. The molecule has 1 amide bonds. The highest BCUT2D eigenvalue weighted by Gasteiger charge is 2.17. The maximum absolute atomic E-state index is 11.9. The van der Waals surface area contributed by atoms with Crippen molar-refractivity contribution in [3.63, 3.8) is 0 Å². The van der Waals surface area contributed by atoms with Crippen LogP contribution in [0.2, 0.25) is 5.02 Å². The van der Waals surface area contributed by atoms with Gasteiger partial charge in [0.05, 0.1) is 6.04 Å². The van der Waals surface area contributed by atoms with Gasteiger partial charge in [-0.25, -0.2) is 0 Å². The molecule has 1 aliphatic carbocycles. The highest BCUT2D eigenvalue weighted by atomic mass is 35.5. The molecule has 3 nitrogen and oxygen atoms in total. The number of carbonyl (C=O) groups excluding carboxylic acids is 1. The van der Waals surface area contributed by atoms with Crippen LogP contribution >= 0.6 is 11.6 Å². The molecule has 19 heavy (non-hydrogen) atoms. The van der Waals surface area contributed by atoms with Gasteiger partial charge in [-0.3, -0.25) is 4.79 Å². The second kappa shape index (κ2) is 6.92. The van der Waals surface area contributed by atoms with Crippen molar-refractivity contribution in [3.8, 4) is 0 Å². The average Bonchev–Trinajstić information content (AvgIpc) is 2.42. The quantitative estimate of drug-likeness (QED) is 0.875. The number of hydrogen-bond donors (Lipinski definition) is 2. The van der Waals surface area contributed by atoms with Crippen LogP contribution in [0.5, 0.6) is 0 Å². The zero-order valence-electron chi connectivity index (χ0n) is 11.4. The zero-order chi connectivity index (χ0) is 13.7. The Bertz CT molecular complexity index is 442. The molecule has 0 aromatic heterocycles. The molecule has 2 rings (SSSR count). The van der Waals surface area contributed by atoms with Gasteiger partial charge >= 0.3 is 0 Å². The maximum atomic E-state index is 11.9. The molecule has 1 aromatic carbocycles. The summed E-state index contributed by atoms with van der Waals surface area (Å²) in [5, 5.41) is 5.75. The van der Waals surface area contributed by atoms with Crippen LogP contribution in [0.4, 0.5) is 5.69 Å². The molecular weight excluding hydrogens is 260 g/mol. The molecule has 0 spiro atoms.